The quantitative estimate of drug-likeness (QED) is 0.418. The van der Waals surface area contributed by atoms with Gasteiger partial charge in [0, 0.05) is 48.1 Å². The average molecular weight is 535 g/mol. The first kappa shape index (κ1) is 26.9. The SMILES string of the molecule is Cn1c(C(=O)O)cc2cc(NC(=O)[C@@H]3[C@@H](c4ccccc4)CCN3C(=O)C3CCC(C(N)CF)CC3)ccc21. The maximum atomic E-state index is 13.8. The molecule has 39 heavy (non-hydrogen) atoms. The van der Waals surface area contributed by atoms with Crippen molar-refractivity contribution in [3.8, 4) is 0 Å². The molecule has 2 amide bonds. The number of rotatable bonds is 7. The van der Waals surface area contributed by atoms with E-state index in [0.29, 0.717) is 49.7 Å². The van der Waals surface area contributed by atoms with E-state index < -0.39 is 24.7 Å². The number of likely N-dealkylation sites (tertiary alicyclic amines) is 1. The summed E-state index contributed by atoms with van der Waals surface area (Å²) in [6.45, 7) is -0.0666. The van der Waals surface area contributed by atoms with E-state index in [1.165, 1.54) is 0 Å². The molecule has 2 aliphatic rings. The summed E-state index contributed by atoms with van der Waals surface area (Å²) in [5.74, 6) is -1.57. The van der Waals surface area contributed by atoms with Crippen molar-refractivity contribution in [3.05, 3.63) is 65.9 Å². The van der Waals surface area contributed by atoms with E-state index in [-0.39, 0.29) is 35.3 Å². The number of hydrogen-bond acceptors (Lipinski definition) is 4. The lowest BCUT2D eigenvalue weighted by atomic mass is 9.78. The van der Waals surface area contributed by atoms with Crippen molar-refractivity contribution >= 4 is 34.4 Å². The van der Waals surface area contributed by atoms with Gasteiger partial charge in [-0.1, -0.05) is 30.3 Å². The van der Waals surface area contributed by atoms with Crippen LogP contribution in [-0.2, 0) is 16.6 Å². The number of nitrogens with one attached hydrogen (secondary N) is 1. The molecule has 1 aromatic heterocycles. The number of nitrogens with zero attached hydrogens (tertiary/aromatic N) is 2. The Morgan fingerprint density at radius 1 is 1.05 bits per heavy atom. The molecule has 3 atom stereocenters. The van der Waals surface area contributed by atoms with E-state index in [1.807, 2.05) is 30.3 Å². The Morgan fingerprint density at radius 2 is 1.77 bits per heavy atom. The fraction of sp³-hybridized carbons (Fsp3) is 0.433. The van der Waals surface area contributed by atoms with Crippen LogP contribution in [0.2, 0.25) is 0 Å². The lowest BCUT2D eigenvalue weighted by Crippen LogP contribution is -2.48. The molecule has 0 bridgehead atoms. The lowest BCUT2D eigenvalue weighted by molar-refractivity contribution is -0.141. The molecule has 5 rings (SSSR count). The molecular formula is C30H35FN4O4. The largest absolute Gasteiger partial charge is 0.477 e. The number of benzene rings is 2. The number of carboxylic acid groups (broad SMARTS) is 1. The van der Waals surface area contributed by atoms with Crippen LogP contribution < -0.4 is 11.1 Å². The Morgan fingerprint density at radius 3 is 2.44 bits per heavy atom. The Labute approximate surface area is 227 Å². The van der Waals surface area contributed by atoms with E-state index in [0.717, 1.165) is 11.1 Å². The Balaban J connectivity index is 1.38. The first-order valence-corrected chi connectivity index (χ1v) is 13.6. The van der Waals surface area contributed by atoms with Crippen molar-refractivity contribution in [2.75, 3.05) is 18.5 Å². The lowest BCUT2D eigenvalue weighted by Gasteiger charge is -2.35. The van der Waals surface area contributed by atoms with Crippen molar-refractivity contribution in [2.45, 2.75) is 50.1 Å². The number of alkyl halides is 1. The van der Waals surface area contributed by atoms with Gasteiger partial charge in [0.1, 0.15) is 18.4 Å². The second-order valence-corrected chi connectivity index (χ2v) is 10.9. The van der Waals surface area contributed by atoms with Crippen LogP contribution in [0.5, 0.6) is 0 Å². The van der Waals surface area contributed by atoms with Crippen LogP contribution in [0.4, 0.5) is 10.1 Å². The molecule has 206 valence electrons. The first-order valence-electron chi connectivity index (χ1n) is 13.6. The molecule has 0 spiro atoms. The maximum absolute atomic E-state index is 13.8. The van der Waals surface area contributed by atoms with Crippen LogP contribution in [0.1, 0.15) is 54.1 Å². The zero-order valence-corrected chi connectivity index (χ0v) is 22.1. The summed E-state index contributed by atoms with van der Waals surface area (Å²) in [4.78, 5) is 40.9. The highest BCUT2D eigenvalue weighted by Gasteiger charge is 2.44. The topological polar surface area (TPSA) is 118 Å². The summed E-state index contributed by atoms with van der Waals surface area (Å²) in [5, 5.41) is 13.2. The molecule has 2 aromatic carbocycles. The number of hydrogen-bond donors (Lipinski definition) is 3. The molecule has 2 heterocycles. The molecule has 1 aliphatic heterocycles. The highest BCUT2D eigenvalue weighted by molar-refractivity contribution is 6.01. The molecule has 9 heteroatoms. The minimum Gasteiger partial charge on any atom is -0.477 e. The van der Waals surface area contributed by atoms with Crippen molar-refractivity contribution < 1.29 is 23.9 Å². The van der Waals surface area contributed by atoms with Gasteiger partial charge in [0.15, 0.2) is 0 Å². The second-order valence-electron chi connectivity index (χ2n) is 10.9. The van der Waals surface area contributed by atoms with Gasteiger partial charge in [0.2, 0.25) is 11.8 Å². The predicted octanol–water partition coefficient (Wildman–Crippen LogP) is 4.30. The van der Waals surface area contributed by atoms with Crippen LogP contribution in [0.15, 0.2) is 54.6 Å². The standard InChI is InChI=1S/C30H35FN4O4/c1-34-25-12-11-22(15-21(25)16-26(34)30(38)39)33-28(36)27-23(18-5-3-2-4-6-18)13-14-35(27)29(37)20-9-7-19(8-10-20)24(32)17-31/h2-6,11-12,15-16,19-20,23-24,27H,7-10,13-14,17,32H2,1H3,(H,33,36)(H,38,39)/t19?,20?,23-,24?,27+/m1/s1. The number of halogens is 1. The zero-order valence-electron chi connectivity index (χ0n) is 22.1. The average Bonchev–Trinajstić information content (AvgIpc) is 3.54. The van der Waals surface area contributed by atoms with Gasteiger partial charge in [0.05, 0.1) is 0 Å². The minimum atomic E-state index is -1.02. The molecule has 8 nitrogen and oxygen atoms in total. The maximum Gasteiger partial charge on any atom is 0.352 e. The van der Waals surface area contributed by atoms with Gasteiger partial charge in [-0.3, -0.25) is 9.59 Å². The summed E-state index contributed by atoms with van der Waals surface area (Å²) in [6.07, 6.45) is 3.40. The van der Waals surface area contributed by atoms with E-state index in [2.05, 4.69) is 5.32 Å². The van der Waals surface area contributed by atoms with Crippen LogP contribution in [0, 0.1) is 11.8 Å². The van der Waals surface area contributed by atoms with Gasteiger partial charge >= 0.3 is 5.97 Å². The third-order valence-corrected chi connectivity index (χ3v) is 8.61. The van der Waals surface area contributed by atoms with Gasteiger partial charge in [-0.2, -0.15) is 0 Å². The number of carboxylic acids is 1. The van der Waals surface area contributed by atoms with Gasteiger partial charge in [-0.05, 0) is 67.9 Å². The second kappa shape index (κ2) is 11.2. The third kappa shape index (κ3) is 5.28. The summed E-state index contributed by atoms with van der Waals surface area (Å²) >= 11 is 0. The Hall–Kier alpha value is -3.72. The number of aromatic nitrogens is 1. The van der Waals surface area contributed by atoms with Crippen LogP contribution >= 0.6 is 0 Å². The number of carbonyl (C=O) groups is 3. The fourth-order valence-electron chi connectivity index (χ4n) is 6.42. The number of amides is 2. The minimum absolute atomic E-state index is 0.0227. The van der Waals surface area contributed by atoms with Crippen molar-refractivity contribution in [3.63, 3.8) is 0 Å². The normalized spacial score (nSPS) is 24.0. The molecule has 2 fully saturated rings. The van der Waals surface area contributed by atoms with Gasteiger partial charge in [-0.25, -0.2) is 9.18 Å². The van der Waals surface area contributed by atoms with Gasteiger partial charge in [0.25, 0.3) is 0 Å². The number of aryl methyl sites for hydroxylation is 1. The monoisotopic (exact) mass is 534 g/mol. The molecule has 4 N–H and O–H groups in total. The van der Waals surface area contributed by atoms with Gasteiger partial charge in [-0.15, -0.1) is 0 Å². The molecule has 1 saturated heterocycles. The number of nitrogens with two attached hydrogens (primary N) is 1. The Bertz CT molecular complexity index is 1370. The van der Waals surface area contributed by atoms with Crippen LogP contribution in [0.25, 0.3) is 10.9 Å². The molecule has 1 unspecified atom stereocenters. The summed E-state index contributed by atoms with van der Waals surface area (Å²) < 4.78 is 14.7. The highest BCUT2D eigenvalue weighted by Crippen LogP contribution is 2.38. The number of fused-ring (bicyclic) bond motifs is 1. The number of carbonyl (C=O) groups excluding carboxylic acids is 2. The smallest absolute Gasteiger partial charge is 0.352 e. The number of aromatic carboxylic acids is 1. The summed E-state index contributed by atoms with van der Waals surface area (Å²) in [5.41, 5.74) is 8.37. The van der Waals surface area contributed by atoms with E-state index >= 15 is 0 Å². The Kier molecular flexibility index (Phi) is 7.70. The van der Waals surface area contributed by atoms with Crippen molar-refractivity contribution in [1.29, 1.82) is 0 Å². The summed E-state index contributed by atoms with van der Waals surface area (Å²) in [7, 11) is 1.69. The van der Waals surface area contributed by atoms with E-state index in [9.17, 15) is 23.9 Å². The third-order valence-electron chi connectivity index (χ3n) is 8.61. The highest BCUT2D eigenvalue weighted by atomic mass is 19.1. The fourth-order valence-corrected chi connectivity index (χ4v) is 6.42. The predicted molar refractivity (Wildman–Crippen MR) is 147 cm³/mol. The van der Waals surface area contributed by atoms with Crippen LogP contribution in [0.3, 0.4) is 0 Å². The van der Waals surface area contributed by atoms with Crippen molar-refractivity contribution in [2.24, 2.45) is 24.6 Å². The van der Waals surface area contributed by atoms with E-state index in [4.69, 9.17) is 5.73 Å². The molecule has 1 saturated carbocycles. The molecular weight excluding hydrogens is 499 g/mol. The molecule has 3 aromatic rings. The molecule has 0 radical (unpaired) electrons. The number of anilines is 1. The zero-order chi connectivity index (χ0) is 27.7. The van der Waals surface area contributed by atoms with Crippen LogP contribution in [-0.4, -0.2) is 57.7 Å². The van der Waals surface area contributed by atoms with Gasteiger partial charge < -0.3 is 25.6 Å². The summed E-state index contributed by atoms with van der Waals surface area (Å²) in [6, 6.07) is 15.5. The van der Waals surface area contributed by atoms with E-state index in [1.54, 1.807) is 40.8 Å². The molecule has 1 aliphatic carbocycles. The first-order chi connectivity index (χ1) is 18.8. The van der Waals surface area contributed by atoms with Crippen molar-refractivity contribution in [1.82, 2.24) is 9.47 Å².